The minimum Gasteiger partial charge on any atom is -0.495 e. The van der Waals surface area contributed by atoms with Crippen LogP contribution in [0.3, 0.4) is 0 Å². The zero-order valence-corrected chi connectivity index (χ0v) is 14.1. The van der Waals surface area contributed by atoms with Crippen LogP contribution >= 0.6 is 11.6 Å². The van der Waals surface area contributed by atoms with Crippen molar-refractivity contribution in [2.24, 2.45) is 0 Å². The molecule has 1 amide bonds. The highest BCUT2D eigenvalue weighted by molar-refractivity contribution is 6.32. The molecule has 0 atom stereocenters. The number of benzene rings is 2. The fourth-order valence-electron chi connectivity index (χ4n) is 2.13. The molecule has 6 nitrogen and oxygen atoms in total. The third-order valence-corrected chi connectivity index (χ3v) is 3.65. The molecule has 2 aromatic carbocycles. The van der Waals surface area contributed by atoms with Crippen LogP contribution in [0.5, 0.6) is 5.75 Å². The third-order valence-electron chi connectivity index (χ3n) is 3.35. The number of carbonyl (C=O) groups is 1. The predicted octanol–water partition coefficient (Wildman–Crippen LogP) is 4.13. The van der Waals surface area contributed by atoms with E-state index in [4.69, 9.17) is 16.3 Å². The highest BCUT2D eigenvalue weighted by Gasteiger charge is 2.10. The Hall–Kier alpha value is -3.12. The Morgan fingerprint density at radius 1 is 1.00 bits per heavy atom. The Kier molecular flexibility index (Phi) is 5.11. The van der Waals surface area contributed by atoms with Gasteiger partial charge in [0, 0.05) is 11.4 Å². The standard InChI is InChI=1S/C18H15ClN4O2/c1-25-16-9-7-13(11-14(16)19)21-18(24)15-8-10-17(23-22-15)20-12-5-3-2-4-6-12/h2-11H,1H3,(H,20,23)(H,21,24). The van der Waals surface area contributed by atoms with Crippen molar-refractivity contribution in [2.75, 3.05) is 17.7 Å². The zero-order chi connectivity index (χ0) is 17.6. The molecule has 0 fully saturated rings. The van der Waals surface area contributed by atoms with Gasteiger partial charge in [-0.25, -0.2) is 0 Å². The van der Waals surface area contributed by atoms with Crippen molar-refractivity contribution in [1.29, 1.82) is 0 Å². The molecule has 0 spiro atoms. The van der Waals surface area contributed by atoms with E-state index in [0.717, 1.165) is 5.69 Å². The molecule has 0 aliphatic carbocycles. The van der Waals surface area contributed by atoms with Gasteiger partial charge in [-0.3, -0.25) is 4.79 Å². The number of amides is 1. The fraction of sp³-hybridized carbons (Fsp3) is 0.0556. The molecule has 1 heterocycles. The van der Waals surface area contributed by atoms with Crippen molar-refractivity contribution in [3.63, 3.8) is 0 Å². The van der Waals surface area contributed by atoms with Crippen LogP contribution in [0.2, 0.25) is 5.02 Å². The maximum Gasteiger partial charge on any atom is 0.276 e. The molecule has 0 saturated heterocycles. The molecule has 126 valence electrons. The molecule has 0 radical (unpaired) electrons. The summed E-state index contributed by atoms with van der Waals surface area (Å²) in [5, 5.41) is 14.2. The van der Waals surface area contributed by atoms with E-state index in [0.29, 0.717) is 22.3 Å². The first kappa shape index (κ1) is 16.7. The number of hydrogen-bond donors (Lipinski definition) is 2. The van der Waals surface area contributed by atoms with Gasteiger partial charge in [-0.05, 0) is 42.5 Å². The number of carbonyl (C=O) groups excluding carboxylic acids is 1. The third kappa shape index (κ3) is 4.24. The average Bonchev–Trinajstić information content (AvgIpc) is 2.63. The maximum atomic E-state index is 12.2. The average molecular weight is 355 g/mol. The number of hydrogen-bond acceptors (Lipinski definition) is 5. The molecule has 0 bridgehead atoms. The molecular weight excluding hydrogens is 340 g/mol. The first-order chi connectivity index (χ1) is 12.2. The minimum atomic E-state index is -0.375. The number of ether oxygens (including phenoxy) is 1. The van der Waals surface area contributed by atoms with Crippen LogP contribution in [0.15, 0.2) is 60.7 Å². The fourth-order valence-corrected chi connectivity index (χ4v) is 2.39. The lowest BCUT2D eigenvalue weighted by Crippen LogP contribution is -2.14. The van der Waals surface area contributed by atoms with Gasteiger partial charge in [-0.15, -0.1) is 10.2 Å². The van der Waals surface area contributed by atoms with E-state index >= 15 is 0 Å². The van der Waals surface area contributed by atoms with Gasteiger partial charge in [0.15, 0.2) is 11.5 Å². The summed E-state index contributed by atoms with van der Waals surface area (Å²) >= 11 is 6.04. The van der Waals surface area contributed by atoms with E-state index in [9.17, 15) is 4.79 Å². The number of nitrogens with one attached hydrogen (secondary N) is 2. The maximum absolute atomic E-state index is 12.2. The number of anilines is 3. The molecule has 3 aromatic rings. The molecule has 2 N–H and O–H groups in total. The lowest BCUT2D eigenvalue weighted by atomic mass is 10.2. The van der Waals surface area contributed by atoms with Gasteiger partial charge in [0.05, 0.1) is 12.1 Å². The topological polar surface area (TPSA) is 76.1 Å². The first-order valence-corrected chi connectivity index (χ1v) is 7.84. The Bertz CT molecular complexity index is 870. The summed E-state index contributed by atoms with van der Waals surface area (Å²) in [6, 6.07) is 17.8. The molecule has 0 aliphatic rings. The van der Waals surface area contributed by atoms with Crippen LogP contribution in [-0.2, 0) is 0 Å². The summed E-state index contributed by atoms with van der Waals surface area (Å²) in [6.45, 7) is 0. The van der Waals surface area contributed by atoms with E-state index in [-0.39, 0.29) is 11.6 Å². The normalized spacial score (nSPS) is 10.2. The molecule has 0 aliphatic heterocycles. The summed E-state index contributed by atoms with van der Waals surface area (Å²) in [5.41, 5.74) is 1.64. The molecular formula is C18H15ClN4O2. The summed E-state index contributed by atoms with van der Waals surface area (Å²) in [7, 11) is 1.53. The second kappa shape index (κ2) is 7.63. The minimum absolute atomic E-state index is 0.200. The Morgan fingerprint density at radius 3 is 2.44 bits per heavy atom. The first-order valence-electron chi connectivity index (χ1n) is 7.46. The zero-order valence-electron chi connectivity index (χ0n) is 13.4. The van der Waals surface area contributed by atoms with Crippen molar-refractivity contribution in [2.45, 2.75) is 0 Å². The Balaban J connectivity index is 1.67. The van der Waals surface area contributed by atoms with Crippen LogP contribution in [0.1, 0.15) is 10.5 Å². The quantitative estimate of drug-likeness (QED) is 0.720. The van der Waals surface area contributed by atoms with Gasteiger partial charge in [-0.2, -0.15) is 0 Å². The van der Waals surface area contributed by atoms with Crippen LogP contribution in [-0.4, -0.2) is 23.2 Å². The van der Waals surface area contributed by atoms with Crippen LogP contribution in [0.25, 0.3) is 0 Å². The van der Waals surface area contributed by atoms with E-state index in [1.807, 2.05) is 30.3 Å². The van der Waals surface area contributed by atoms with Crippen LogP contribution < -0.4 is 15.4 Å². The largest absolute Gasteiger partial charge is 0.495 e. The van der Waals surface area contributed by atoms with Gasteiger partial charge in [0.1, 0.15) is 5.75 Å². The SMILES string of the molecule is COc1ccc(NC(=O)c2ccc(Nc3ccccc3)nn2)cc1Cl. The highest BCUT2D eigenvalue weighted by Crippen LogP contribution is 2.27. The van der Waals surface area contributed by atoms with Gasteiger partial charge < -0.3 is 15.4 Å². The molecule has 0 saturated carbocycles. The monoisotopic (exact) mass is 354 g/mol. The van der Waals surface area contributed by atoms with Crippen LogP contribution in [0, 0.1) is 0 Å². The number of rotatable bonds is 5. The van der Waals surface area contributed by atoms with Gasteiger partial charge in [0.2, 0.25) is 0 Å². The number of halogens is 1. The van der Waals surface area contributed by atoms with Gasteiger partial charge in [-0.1, -0.05) is 29.8 Å². The van der Waals surface area contributed by atoms with Crippen LogP contribution in [0.4, 0.5) is 17.2 Å². The van der Waals surface area contributed by atoms with Crippen molar-refractivity contribution >= 4 is 34.7 Å². The molecule has 1 aromatic heterocycles. The number of aromatic nitrogens is 2. The second-order valence-electron chi connectivity index (χ2n) is 5.10. The molecule has 3 rings (SSSR count). The lowest BCUT2D eigenvalue weighted by Gasteiger charge is -2.08. The highest BCUT2D eigenvalue weighted by atomic mass is 35.5. The van der Waals surface area contributed by atoms with Crippen molar-refractivity contribution in [3.8, 4) is 5.75 Å². The molecule has 25 heavy (non-hydrogen) atoms. The summed E-state index contributed by atoms with van der Waals surface area (Å²) in [6.07, 6.45) is 0. The summed E-state index contributed by atoms with van der Waals surface area (Å²) in [4.78, 5) is 12.2. The van der Waals surface area contributed by atoms with E-state index in [2.05, 4.69) is 20.8 Å². The Morgan fingerprint density at radius 2 is 1.80 bits per heavy atom. The lowest BCUT2D eigenvalue weighted by molar-refractivity contribution is 0.102. The van der Waals surface area contributed by atoms with E-state index in [1.165, 1.54) is 7.11 Å². The van der Waals surface area contributed by atoms with Gasteiger partial charge >= 0.3 is 0 Å². The number of methoxy groups -OCH3 is 1. The van der Waals surface area contributed by atoms with E-state index in [1.54, 1.807) is 30.3 Å². The van der Waals surface area contributed by atoms with E-state index < -0.39 is 0 Å². The van der Waals surface area contributed by atoms with Gasteiger partial charge in [0.25, 0.3) is 5.91 Å². The number of para-hydroxylation sites is 1. The predicted molar refractivity (Wildman–Crippen MR) is 97.7 cm³/mol. The summed E-state index contributed by atoms with van der Waals surface area (Å²) in [5.74, 6) is 0.714. The number of nitrogens with zero attached hydrogens (tertiary/aromatic N) is 2. The second-order valence-corrected chi connectivity index (χ2v) is 5.51. The smallest absolute Gasteiger partial charge is 0.276 e. The summed E-state index contributed by atoms with van der Waals surface area (Å²) < 4.78 is 5.08. The van der Waals surface area contributed by atoms with Crippen molar-refractivity contribution < 1.29 is 9.53 Å². The molecule has 7 heteroatoms. The Labute approximate surface area is 149 Å². The van der Waals surface area contributed by atoms with Crippen molar-refractivity contribution in [1.82, 2.24) is 10.2 Å². The van der Waals surface area contributed by atoms with Crippen molar-refractivity contribution in [3.05, 3.63) is 71.4 Å². The molecule has 0 unspecified atom stereocenters.